The highest BCUT2D eigenvalue weighted by Gasteiger charge is 2.14. The van der Waals surface area contributed by atoms with Gasteiger partial charge in [0, 0.05) is 12.8 Å². The van der Waals surface area contributed by atoms with Crippen LogP contribution in [0.1, 0.15) is 0 Å². The van der Waals surface area contributed by atoms with Gasteiger partial charge in [-0.1, -0.05) is 0 Å². The van der Waals surface area contributed by atoms with E-state index in [1.54, 1.807) is 0 Å². The summed E-state index contributed by atoms with van der Waals surface area (Å²) in [5, 5.41) is 4.07. The van der Waals surface area contributed by atoms with Gasteiger partial charge in [-0.05, 0) is 0 Å². The van der Waals surface area contributed by atoms with Crippen molar-refractivity contribution in [3.63, 3.8) is 0 Å². The van der Waals surface area contributed by atoms with Crippen molar-refractivity contribution in [3.8, 4) is 0 Å². The molecule has 0 aromatic carbocycles. The van der Waals surface area contributed by atoms with Crippen molar-refractivity contribution in [3.05, 3.63) is 0 Å². The first-order valence-electron chi connectivity index (χ1n) is 4.12. The van der Waals surface area contributed by atoms with Gasteiger partial charge in [-0.2, -0.15) is 0 Å². The minimum absolute atomic E-state index is 0.0346. The molecule has 0 saturated carbocycles. The molecule has 1 aliphatic heterocycles. The molecule has 77 valence electrons. The van der Waals surface area contributed by atoms with E-state index in [4.69, 9.17) is 9.47 Å². The summed E-state index contributed by atoms with van der Waals surface area (Å²) >= 11 is 0. The van der Waals surface area contributed by atoms with Gasteiger partial charge in [0.25, 0.3) is 0 Å². The molecule has 1 heterocycles. The maximum atomic E-state index is 10.7. The highest BCUT2D eigenvalue weighted by atomic mass is 32.2. The predicted molar refractivity (Wildman–Crippen MR) is 47.3 cm³/mol. The van der Waals surface area contributed by atoms with Crippen molar-refractivity contribution in [2.75, 3.05) is 38.3 Å². The van der Waals surface area contributed by atoms with Crippen molar-refractivity contribution in [2.24, 2.45) is 0 Å². The number of sulfone groups is 1. The summed E-state index contributed by atoms with van der Waals surface area (Å²) in [5.41, 5.74) is 0. The van der Waals surface area contributed by atoms with Crippen LogP contribution >= 0.6 is 0 Å². The molecule has 1 radical (unpaired) electrons. The SMILES string of the molecule is CS(=O)(=O)CCOC1C[N]CCO1. The lowest BCUT2D eigenvalue weighted by atomic mass is 10.5. The molecule has 1 aliphatic rings. The molecule has 0 amide bonds. The van der Waals surface area contributed by atoms with Crippen LogP contribution in [0.25, 0.3) is 0 Å². The number of ether oxygens (including phenoxy) is 2. The van der Waals surface area contributed by atoms with E-state index in [0.29, 0.717) is 19.7 Å². The van der Waals surface area contributed by atoms with Gasteiger partial charge in [0.2, 0.25) is 0 Å². The van der Waals surface area contributed by atoms with Gasteiger partial charge in [-0.25, -0.2) is 13.7 Å². The lowest BCUT2D eigenvalue weighted by molar-refractivity contribution is -0.150. The highest BCUT2D eigenvalue weighted by Crippen LogP contribution is 1.99. The first-order valence-corrected chi connectivity index (χ1v) is 6.18. The lowest BCUT2D eigenvalue weighted by Gasteiger charge is -2.22. The summed E-state index contributed by atoms with van der Waals surface area (Å²) in [6.45, 7) is 1.94. The smallest absolute Gasteiger partial charge is 0.171 e. The number of nitrogens with zero attached hydrogens (tertiary/aromatic N) is 1. The van der Waals surface area contributed by atoms with Crippen LogP contribution in [0.4, 0.5) is 0 Å². The third-order valence-electron chi connectivity index (χ3n) is 1.59. The van der Waals surface area contributed by atoms with E-state index in [1.807, 2.05) is 0 Å². The monoisotopic (exact) mass is 208 g/mol. The molecule has 0 aliphatic carbocycles. The average Bonchev–Trinajstić information content (AvgIpc) is 2.04. The molecule has 1 atom stereocenters. The minimum Gasteiger partial charge on any atom is -0.350 e. The molecular weight excluding hydrogens is 194 g/mol. The van der Waals surface area contributed by atoms with Crippen LogP contribution in [0.3, 0.4) is 0 Å². The Morgan fingerprint density at radius 3 is 2.92 bits per heavy atom. The van der Waals surface area contributed by atoms with Gasteiger partial charge in [0.1, 0.15) is 9.84 Å². The third kappa shape index (κ3) is 5.20. The largest absolute Gasteiger partial charge is 0.350 e. The Labute approximate surface area is 78.3 Å². The maximum Gasteiger partial charge on any atom is 0.171 e. The Hall–Kier alpha value is -0.170. The zero-order chi connectivity index (χ0) is 9.73. The predicted octanol–water partition coefficient (Wildman–Crippen LogP) is -0.992. The van der Waals surface area contributed by atoms with Crippen LogP contribution in [0.5, 0.6) is 0 Å². The van der Waals surface area contributed by atoms with Crippen LogP contribution in [-0.2, 0) is 19.3 Å². The molecule has 6 heteroatoms. The van der Waals surface area contributed by atoms with Crippen molar-refractivity contribution in [1.29, 1.82) is 0 Å². The molecule has 0 bridgehead atoms. The van der Waals surface area contributed by atoms with Crippen LogP contribution in [-0.4, -0.2) is 53.0 Å². The number of rotatable bonds is 4. The Morgan fingerprint density at radius 2 is 2.38 bits per heavy atom. The average molecular weight is 208 g/mol. The molecule has 1 saturated heterocycles. The summed E-state index contributed by atoms with van der Waals surface area (Å²) in [6, 6.07) is 0. The molecule has 1 rings (SSSR count). The van der Waals surface area contributed by atoms with Gasteiger partial charge >= 0.3 is 0 Å². The van der Waals surface area contributed by atoms with E-state index in [0.717, 1.165) is 0 Å². The van der Waals surface area contributed by atoms with E-state index < -0.39 is 9.84 Å². The topological polar surface area (TPSA) is 66.7 Å². The van der Waals surface area contributed by atoms with Crippen LogP contribution in [0.15, 0.2) is 0 Å². The van der Waals surface area contributed by atoms with Gasteiger partial charge in [-0.3, -0.25) is 0 Å². The Bertz CT molecular complexity index is 233. The zero-order valence-corrected chi connectivity index (χ0v) is 8.42. The molecular formula is C7H14NO4S. The molecule has 1 fully saturated rings. The summed E-state index contributed by atoms with van der Waals surface area (Å²) in [7, 11) is -2.94. The second-order valence-corrected chi connectivity index (χ2v) is 5.19. The standard InChI is InChI=1S/C7H14NO4S/c1-13(9,10)5-4-12-7-6-8-2-3-11-7/h7H,2-6H2,1H3. The Kier molecular flexibility index (Phi) is 4.11. The third-order valence-corrected chi connectivity index (χ3v) is 2.50. The first kappa shape index (κ1) is 10.9. The first-order chi connectivity index (χ1) is 6.08. The van der Waals surface area contributed by atoms with Crippen LogP contribution in [0, 0.1) is 0 Å². The Balaban J connectivity index is 2.11. The number of hydrogen-bond donors (Lipinski definition) is 0. The minimum atomic E-state index is -2.94. The zero-order valence-electron chi connectivity index (χ0n) is 7.60. The molecule has 0 spiro atoms. The molecule has 0 aromatic heterocycles. The summed E-state index contributed by atoms with van der Waals surface area (Å²) in [6.07, 6.45) is 0.832. The second-order valence-electron chi connectivity index (χ2n) is 2.93. The van der Waals surface area contributed by atoms with Crippen LogP contribution in [0.2, 0.25) is 0 Å². The maximum absolute atomic E-state index is 10.7. The van der Waals surface area contributed by atoms with Crippen molar-refractivity contribution in [2.45, 2.75) is 6.29 Å². The van der Waals surface area contributed by atoms with E-state index in [-0.39, 0.29) is 18.6 Å². The van der Waals surface area contributed by atoms with Gasteiger partial charge in [-0.15, -0.1) is 0 Å². The number of morpholine rings is 1. The fourth-order valence-electron chi connectivity index (χ4n) is 0.930. The van der Waals surface area contributed by atoms with E-state index >= 15 is 0 Å². The van der Waals surface area contributed by atoms with E-state index in [2.05, 4.69) is 5.32 Å². The quantitative estimate of drug-likeness (QED) is 0.595. The van der Waals surface area contributed by atoms with Crippen molar-refractivity contribution >= 4 is 9.84 Å². The van der Waals surface area contributed by atoms with E-state index in [1.165, 1.54) is 6.26 Å². The van der Waals surface area contributed by atoms with Crippen LogP contribution < -0.4 is 5.32 Å². The highest BCUT2D eigenvalue weighted by molar-refractivity contribution is 7.90. The van der Waals surface area contributed by atoms with E-state index in [9.17, 15) is 8.42 Å². The molecule has 0 aromatic rings. The number of hydrogen-bond acceptors (Lipinski definition) is 4. The fraction of sp³-hybridized carbons (Fsp3) is 1.00. The van der Waals surface area contributed by atoms with Gasteiger partial charge < -0.3 is 9.47 Å². The van der Waals surface area contributed by atoms with Gasteiger partial charge in [0.05, 0.1) is 25.5 Å². The normalized spacial score (nSPS) is 24.5. The summed E-state index contributed by atoms with van der Waals surface area (Å²) < 4.78 is 31.8. The summed E-state index contributed by atoms with van der Waals surface area (Å²) in [4.78, 5) is 0. The summed E-state index contributed by atoms with van der Waals surface area (Å²) in [5.74, 6) is 0.0346. The fourth-order valence-corrected chi connectivity index (χ4v) is 1.33. The second kappa shape index (κ2) is 4.90. The molecule has 5 nitrogen and oxygen atoms in total. The molecule has 1 unspecified atom stereocenters. The van der Waals surface area contributed by atoms with Crippen molar-refractivity contribution < 1.29 is 17.9 Å². The molecule has 0 N–H and O–H groups in total. The Morgan fingerprint density at radius 1 is 1.62 bits per heavy atom. The lowest BCUT2D eigenvalue weighted by Crippen LogP contribution is -2.36. The van der Waals surface area contributed by atoms with Crippen molar-refractivity contribution in [1.82, 2.24) is 5.32 Å². The van der Waals surface area contributed by atoms with Gasteiger partial charge in [0.15, 0.2) is 6.29 Å². The molecule has 13 heavy (non-hydrogen) atoms.